The molecule has 0 aliphatic rings. The molecule has 1 heterocycles. The summed E-state index contributed by atoms with van der Waals surface area (Å²) in [6.45, 7) is 8.88. The predicted octanol–water partition coefficient (Wildman–Crippen LogP) is 5.16. The van der Waals surface area contributed by atoms with Crippen LogP contribution in [0.2, 0.25) is 5.02 Å². The third kappa shape index (κ3) is 5.22. The fourth-order valence-corrected chi connectivity index (χ4v) is 4.20. The molecule has 11 heteroatoms. The molecule has 35 heavy (non-hydrogen) atoms. The Hall–Kier alpha value is -3.66. The van der Waals surface area contributed by atoms with Crippen LogP contribution >= 0.6 is 11.6 Å². The molecule has 0 saturated heterocycles. The van der Waals surface area contributed by atoms with Crippen molar-refractivity contribution >= 4 is 40.3 Å². The van der Waals surface area contributed by atoms with Crippen molar-refractivity contribution in [3.05, 3.63) is 63.4 Å². The number of carbonyl (C=O) groups excluding carboxylic acids is 1. The summed E-state index contributed by atoms with van der Waals surface area (Å²) >= 11 is 6.26. The van der Waals surface area contributed by atoms with E-state index in [1.165, 1.54) is 16.7 Å². The largest absolute Gasteiger partial charge is 0.465 e. The van der Waals surface area contributed by atoms with Gasteiger partial charge in [-0.15, -0.1) is 0 Å². The zero-order valence-corrected chi connectivity index (χ0v) is 20.8. The van der Waals surface area contributed by atoms with Crippen LogP contribution in [0.5, 0.6) is 0 Å². The maximum absolute atomic E-state index is 14.7. The number of benzene rings is 2. The first kappa shape index (κ1) is 26.0. The van der Waals surface area contributed by atoms with E-state index in [1.807, 2.05) is 0 Å². The maximum Gasteiger partial charge on any atom is 0.408 e. The molecule has 0 aliphatic carbocycles. The molecule has 0 bridgehead atoms. The molecule has 1 atom stereocenters. The normalized spacial score (nSPS) is 12.3. The summed E-state index contributed by atoms with van der Waals surface area (Å²) in [5.74, 6) is -0.762. The molecular weight excluding hydrogens is 477 g/mol. The monoisotopic (exact) mass is 503 g/mol. The molecule has 3 rings (SSSR count). The van der Waals surface area contributed by atoms with Crippen LogP contribution in [-0.4, -0.2) is 43.8 Å². The van der Waals surface area contributed by atoms with Gasteiger partial charge in [-0.2, -0.15) is 0 Å². The lowest BCUT2D eigenvalue weighted by molar-refractivity contribution is 0.0719. The topological polar surface area (TPSA) is 117 Å². The highest BCUT2D eigenvalue weighted by Crippen LogP contribution is 2.31. The van der Waals surface area contributed by atoms with Crippen LogP contribution in [0.1, 0.15) is 46.5 Å². The van der Waals surface area contributed by atoms with Gasteiger partial charge in [-0.3, -0.25) is 14.3 Å². The fourth-order valence-electron chi connectivity index (χ4n) is 3.97. The van der Waals surface area contributed by atoms with E-state index in [1.54, 1.807) is 52.8 Å². The number of fused-ring (bicyclic) bond motifs is 1. The SMILES string of the molecule is CCNC(=O)Nc1cccc(-n2c(C(C)N(C(=O)O)C(C)(C)C)nc3c(F)ccc(Cl)c3c2=O)c1. The van der Waals surface area contributed by atoms with E-state index in [0.717, 1.165) is 11.0 Å². The summed E-state index contributed by atoms with van der Waals surface area (Å²) in [6.07, 6.45) is -1.23. The summed E-state index contributed by atoms with van der Waals surface area (Å²) in [7, 11) is 0. The standard InChI is InChI=1S/C24H27ClFN5O4/c1-6-27-22(33)28-14-8-7-9-15(12-14)30-20(13(2)31(23(34)35)24(3,4)5)29-19-17(26)11-10-16(25)18(19)21(30)32/h7-13H,6H2,1-5H3,(H,34,35)(H2,27,28,33). The van der Waals surface area contributed by atoms with Gasteiger partial charge in [0, 0.05) is 17.8 Å². The van der Waals surface area contributed by atoms with Crippen LogP contribution in [0.25, 0.3) is 16.6 Å². The van der Waals surface area contributed by atoms with Crippen LogP contribution in [0.4, 0.5) is 19.7 Å². The summed E-state index contributed by atoms with van der Waals surface area (Å²) in [4.78, 5) is 43.4. The number of carbonyl (C=O) groups is 2. The van der Waals surface area contributed by atoms with Crippen molar-refractivity contribution in [1.29, 1.82) is 0 Å². The molecule has 0 spiro atoms. The lowest BCUT2D eigenvalue weighted by Gasteiger charge is -2.38. The molecule has 2 aromatic carbocycles. The average molecular weight is 504 g/mol. The molecule has 0 radical (unpaired) electrons. The van der Waals surface area contributed by atoms with E-state index in [9.17, 15) is 23.9 Å². The molecule has 186 valence electrons. The lowest BCUT2D eigenvalue weighted by atomic mass is 10.0. The summed E-state index contributed by atoms with van der Waals surface area (Å²) in [5, 5.41) is 15.1. The van der Waals surface area contributed by atoms with Gasteiger partial charge in [0.05, 0.1) is 22.1 Å². The number of carboxylic acid groups (broad SMARTS) is 1. The quantitative estimate of drug-likeness (QED) is 0.444. The zero-order chi connectivity index (χ0) is 26.1. The van der Waals surface area contributed by atoms with Gasteiger partial charge in [-0.1, -0.05) is 17.7 Å². The molecule has 0 aliphatic heterocycles. The second-order valence-electron chi connectivity index (χ2n) is 8.90. The third-order valence-electron chi connectivity index (χ3n) is 5.34. The Morgan fingerprint density at radius 1 is 1.26 bits per heavy atom. The van der Waals surface area contributed by atoms with Gasteiger partial charge in [-0.25, -0.2) is 19.0 Å². The number of hydrogen-bond acceptors (Lipinski definition) is 4. The summed E-state index contributed by atoms with van der Waals surface area (Å²) < 4.78 is 15.9. The highest BCUT2D eigenvalue weighted by molar-refractivity contribution is 6.35. The van der Waals surface area contributed by atoms with Crippen molar-refractivity contribution in [2.24, 2.45) is 0 Å². The number of halogens is 2. The molecule has 1 unspecified atom stereocenters. The van der Waals surface area contributed by atoms with Crippen molar-refractivity contribution in [1.82, 2.24) is 19.8 Å². The van der Waals surface area contributed by atoms with Gasteiger partial charge in [0.25, 0.3) is 5.56 Å². The van der Waals surface area contributed by atoms with Crippen LogP contribution in [0.15, 0.2) is 41.2 Å². The summed E-state index contributed by atoms with van der Waals surface area (Å²) in [5.41, 5.74) is -1.11. The smallest absolute Gasteiger partial charge is 0.408 e. The number of nitrogens with one attached hydrogen (secondary N) is 2. The fraction of sp³-hybridized carbons (Fsp3) is 0.333. The first-order valence-electron chi connectivity index (χ1n) is 10.9. The van der Waals surface area contributed by atoms with Crippen molar-refractivity contribution in [2.75, 3.05) is 11.9 Å². The number of aromatic nitrogens is 2. The molecule has 3 N–H and O–H groups in total. The van der Waals surface area contributed by atoms with Gasteiger partial charge in [-0.05, 0) is 65.0 Å². The lowest BCUT2D eigenvalue weighted by Crippen LogP contribution is -2.47. The second-order valence-corrected chi connectivity index (χ2v) is 9.30. The van der Waals surface area contributed by atoms with E-state index >= 15 is 0 Å². The van der Waals surface area contributed by atoms with Crippen molar-refractivity contribution in [2.45, 2.75) is 46.2 Å². The molecule has 9 nitrogen and oxygen atoms in total. The average Bonchev–Trinajstić information content (AvgIpc) is 2.74. The molecule has 0 saturated carbocycles. The first-order chi connectivity index (χ1) is 16.4. The number of amides is 3. The number of nitrogens with zero attached hydrogens (tertiary/aromatic N) is 3. The van der Waals surface area contributed by atoms with E-state index in [4.69, 9.17) is 11.6 Å². The second kappa shape index (κ2) is 9.91. The minimum atomic E-state index is -1.23. The van der Waals surface area contributed by atoms with Crippen molar-refractivity contribution in [3.63, 3.8) is 0 Å². The highest BCUT2D eigenvalue weighted by atomic mass is 35.5. The molecule has 0 fully saturated rings. The van der Waals surface area contributed by atoms with Gasteiger partial charge >= 0.3 is 12.1 Å². The van der Waals surface area contributed by atoms with E-state index in [2.05, 4.69) is 15.6 Å². The van der Waals surface area contributed by atoms with Crippen LogP contribution in [0, 0.1) is 5.82 Å². The Morgan fingerprint density at radius 2 is 1.94 bits per heavy atom. The molecule has 3 amide bonds. The Morgan fingerprint density at radius 3 is 2.54 bits per heavy atom. The van der Waals surface area contributed by atoms with Crippen LogP contribution in [0.3, 0.4) is 0 Å². The van der Waals surface area contributed by atoms with E-state index < -0.39 is 35.1 Å². The van der Waals surface area contributed by atoms with E-state index in [0.29, 0.717) is 17.9 Å². The maximum atomic E-state index is 14.7. The Labute approximate surface area is 206 Å². The minimum absolute atomic E-state index is 0.00356. The Balaban J connectivity index is 2.35. The number of anilines is 1. The van der Waals surface area contributed by atoms with Gasteiger partial charge < -0.3 is 15.7 Å². The summed E-state index contributed by atoms with van der Waals surface area (Å²) in [6, 6.07) is 7.37. The highest BCUT2D eigenvalue weighted by Gasteiger charge is 2.35. The zero-order valence-electron chi connectivity index (χ0n) is 20.0. The number of hydrogen-bond donors (Lipinski definition) is 3. The van der Waals surface area contributed by atoms with Gasteiger partial charge in [0.2, 0.25) is 0 Å². The molecule has 1 aromatic heterocycles. The number of rotatable bonds is 5. The predicted molar refractivity (Wildman–Crippen MR) is 133 cm³/mol. The van der Waals surface area contributed by atoms with E-state index in [-0.39, 0.29) is 21.7 Å². The minimum Gasteiger partial charge on any atom is -0.465 e. The number of urea groups is 1. The van der Waals surface area contributed by atoms with Crippen molar-refractivity contribution < 1.29 is 19.1 Å². The van der Waals surface area contributed by atoms with Crippen LogP contribution in [-0.2, 0) is 0 Å². The van der Waals surface area contributed by atoms with Gasteiger partial charge in [0.15, 0.2) is 0 Å². The Kier molecular flexibility index (Phi) is 7.35. The van der Waals surface area contributed by atoms with Crippen LogP contribution < -0.4 is 16.2 Å². The Bertz CT molecular complexity index is 1350. The molecular formula is C24H27ClFN5O4. The van der Waals surface area contributed by atoms with Gasteiger partial charge in [0.1, 0.15) is 17.2 Å². The molecule has 3 aromatic rings. The first-order valence-corrected chi connectivity index (χ1v) is 11.3. The third-order valence-corrected chi connectivity index (χ3v) is 5.65. The van der Waals surface area contributed by atoms with Crippen molar-refractivity contribution in [3.8, 4) is 5.69 Å².